The van der Waals surface area contributed by atoms with Crippen molar-refractivity contribution >= 4 is 46.8 Å². The third-order valence-electron chi connectivity index (χ3n) is 4.90. The Kier molecular flexibility index (Phi) is 11.2. The summed E-state index contributed by atoms with van der Waals surface area (Å²) in [6.45, 7) is 4.84. The molecular formula is C24H30Cl2N2O3S. The minimum atomic E-state index is -0.536. The first-order valence-corrected chi connectivity index (χ1v) is 12.5. The molecule has 1 N–H and O–H groups in total. The molecule has 0 aliphatic rings. The lowest BCUT2D eigenvalue weighted by atomic mass is 10.1. The molecule has 0 aliphatic heterocycles. The lowest BCUT2D eigenvalue weighted by molar-refractivity contribution is -0.139. The van der Waals surface area contributed by atoms with E-state index in [1.54, 1.807) is 18.1 Å². The molecule has 0 aliphatic carbocycles. The fourth-order valence-corrected chi connectivity index (χ4v) is 4.40. The van der Waals surface area contributed by atoms with Gasteiger partial charge in [0.2, 0.25) is 11.8 Å². The Morgan fingerprint density at radius 1 is 1.09 bits per heavy atom. The Bertz CT molecular complexity index is 911. The monoisotopic (exact) mass is 496 g/mol. The van der Waals surface area contributed by atoms with Crippen molar-refractivity contribution in [1.29, 1.82) is 0 Å². The van der Waals surface area contributed by atoms with Gasteiger partial charge >= 0.3 is 0 Å². The van der Waals surface area contributed by atoms with Crippen LogP contribution in [0.1, 0.15) is 37.8 Å². The van der Waals surface area contributed by atoms with Crippen LogP contribution in [0.15, 0.2) is 42.5 Å². The molecule has 0 radical (unpaired) electrons. The summed E-state index contributed by atoms with van der Waals surface area (Å²) in [4.78, 5) is 27.7. The van der Waals surface area contributed by atoms with E-state index in [-0.39, 0.29) is 17.6 Å². The van der Waals surface area contributed by atoms with Crippen molar-refractivity contribution in [2.45, 2.75) is 45.0 Å². The number of halogens is 2. The molecule has 0 saturated heterocycles. The number of hydrogen-bond donors (Lipinski definition) is 1. The van der Waals surface area contributed by atoms with E-state index < -0.39 is 6.04 Å². The van der Waals surface area contributed by atoms with Crippen molar-refractivity contribution in [2.75, 3.05) is 19.4 Å². The molecular weight excluding hydrogens is 467 g/mol. The van der Waals surface area contributed by atoms with Crippen LogP contribution in [0.25, 0.3) is 0 Å². The molecule has 1 unspecified atom stereocenters. The Labute approximate surface area is 204 Å². The van der Waals surface area contributed by atoms with Crippen LogP contribution < -0.4 is 10.1 Å². The van der Waals surface area contributed by atoms with Crippen LogP contribution >= 0.6 is 35.0 Å². The number of carbonyl (C=O) groups excluding carboxylic acids is 2. The van der Waals surface area contributed by atoms with Gasteiger partial charge in [-0.1, -0.05) is 55.2 Å². The average molecular weight is 497 g/mol. The summed E-state index contributed by atoms with van der Waals surface area (Å²) in [5.41, 5.74) is 1.90. The summed E-state index contributed by atoms with van der Waals surface area (Å²) >= 11 is 13.5. The van der Waals surface area contributed by atoms with Gasteiger partial charge in [-0.05, 0) is 48.2 Å². The summed E-state index contributed by atoms with van der Waals surface area (Å²) in [7, 11) is 1.61. The summed E-state index contributed by atoms with van der Waals surface area (Å²) in [6.07, 6.45) is 1.37. The van der Waals surface area contributed by atoms with Gasteiger partial charge in [-0.3, -0.25) is 9.59 Å². The number of benzene rings is 2. The van der Waals surface area contributed by atoms with Crippen molar-refractivity contribution in [1.82, 2.24) is 10.2 Å². The van der Waals surface area contributed by atoms with E-state index in [4.69, 9.17) is 27.9 Å². The van der Waals surface area contributed by atoms with E-state index in [2.05, 4.69) is 5.32 Å². The quantitative estimate of drug-likeness (QED) is 0.417. The molecule has 0 heterocycles. The molecule has 8 heteroatoms. The number of nitrogens with one attached hydrogen (secondary N) is 1. The van der Waals surface area contributed by atoms with Crippen LogP contribution in [-0.4, -0.2) is 42.2 Å². The fraction of sp³-hybridized carbons (Fsp3) is 0.417. The summed E-state index contributed by atoms with van der Waals surface area (Å²) in [6, 6.07) is 12.5. The van der Waals surface area contributed by atoms with Crippen LogP contribution in [0.5, 0.6) is 5.75 Å². The number of thioether (sulfide) groups is 1. The zero-order valence-corrected chi connectivity index (χ0v) is 21.0. The van der Waals surface area contributed by atoms with Crippen molar-refractivity contribution in [3.63, 3.8) is 0 Å². The molecule has 2 aromatic rings. The van der Waals surface area contributed by atoms with E-state index in [1.807, 2.05) is 50.2 Å². The maximum atomic E-state index is 13.2. The highest BCUT2D eigenvalue weighted by atomic mass is 35.5. The van der Waals surface area contributed by atoms with Crippen LogP contribution in [-0.2, 0) is 21.9 Å². The molecule has 32 heavy (non-hydrogen) atoms. The molecule has 2 rings (SSSR count). The predicted octanol–water partition coefficient (Wildman–Crippen LogP) is 5.57. The summed E-state index contributed by atoms with van der Waals surface area (Å²) < 4.78 is 5.31. The molecule has 0 spiro atoms. The smallest absolute Gasteiger partial charge is 0.242 e. The minimum Gasteiger partial charge on any atom is -0.497 e. The third-order valence-corrected chi connectivity index (χ3v) is 6.63. The largest absolute Gasteiger partial charge is 0.497 e. The first kappa shape index (κ1) is 26.4. The number of ether oxygens (including phenoxy) is 1. The Morgan fingerprint density at radius 3 is 2.53 bits per heavy atom. The van der Waals surface area contributed by atoms with Crippen molar-refractivity contribution in [2.24, 2.45) is 0 Å². The standard InChI is InChI=1S/C24H30Cl2N2O3S/c1-4-11-27-24(30)22(5-2)28(14-17-7-6-8-19(12-17)31-3)23(29)16-32-15-18-9-10-20(25)21(26)13-18/h6-10,12-13,22H,4-5,11,14-16H2,1-3H3,(H,27,30). The summed E-state index contributed by atoms with van der Waals surface area (Å²) in [5.74, 6) is 1.37. The average Bonchev–Trinajstić information content (AvgIpc) is 2.79. The molecule has 0 bridgehead atoms. The highest BCUT2D eigenvalue weighted by molar-refractivity contribution is 7.99. The Balaban J connectivity index is 2.14. The second kappa shape index (κ2) is 13.6. The van der Waals surface area contributed by atoms with E-state index in [0.717, 1.165) is 17.5 Å². The zero-order chi connectivity index (χ0) is 23.5. The fourth-order valence-electron chi connectivity index (χ4n) is 3.22. The lowest BCUT2D eigenvalue weighted by Gasteiger charge is -2.30. The molecule has 2 amide bonds. The van der Waals surface area contributed by atoms with Crippen LogP contribution in [0.3, 0.4) is 0 Å². The first-order chi connectivity index (χ1) is 15.4. The first-order valence-electron chi connectivity index (χ1n) is 10.6. The number of methoxy groups -OCH3 is 1. The van der Waals surface area contributed by atoms with Gasteiger partial charge in [-0.15, -0.1) is 11.8 Å². The maximum Gasteiger partial charge on any atom is 0.242 e. The zero-order valence-electron chi connectivity index (χ0n) is 18.7. The molecule has 1 atom stereocenters. The molecule has 2 aromatic carbocycles. The van der Waals surface area contributed by atoms with E-state index >= 15 is 0 Å². The topological polar surface area (TPSA) is 58.6 Å². The van der Waals surface area contributed by atoms with Crippen molar-refractivity contribution in [3.05, 3.63) is 63.6 Å². The van der Waals surface area contributed by atoms with E-state index in [9.17, 15) is 9.59 Å². The molecule has 0 aromatic heterocycles. The second-order valence-electron chi connectivity index (χ2n) is 7.33. The number of nitrogens with zero attached hydrogens (tertiary/aromatic N) is 1. The van der Waals surface area contributed by atoms with Gasteiger partial charge in [0.15, 0.2) is 0 Å². The van der Waals surface area contributed by atoms with Gasteiger partial charge in [-0.2, -0.15) is 0 Å². The van der Waals surface area contributed by atoms with Gasteiger partial charge < -0.3 is 15.0 Å². The minimum absolute atomic E-state index is 0.0867. The van der Waals surface area contributed by atoms with Gasteiger partial charge in [0.25, 0.3) is 0 Å². The molecule has 0 fully saturated rings. The number of carbonyl (C=O) groups is 2. The van der Waals surface area contributed by atoms with Gasteiger partial charge in [0.05, 0.1) is 22.9 Å². The number of hydrogen-bond acceptors (Lipinski definition) is 4. The van der Waals surface area contributed by atoms with Gasteiger partial charge in [0, 0.05) is 18.8 Å². The predicted molar refractivity (Wildman–Crippen MR) is 134 cm³/mol. The molecule has 0 saturated carbocycles. The van der Waals surface area contributed by atoms with Crippen LogP contribution in [0.4, 0.5) is 0 Å². The Morgan fingerprint density at radius 2 is 1.88 bits per heavy atom. The molecule has 5 nitrogen and oxygen atoms in total. The maximum absolute atomic E-state index is 13.2. The van der Waals surface area contributed by atoms with Crippen molar-refractivity contribution in [3.8, 4) is 5.75 Å². The van der Waals surface area contributed by atoms with Gasteiger partial charge in [-0.25, -0.2) is 0 Å². The second-order valence-corrected chi connectivity index (χ2v) is 9.13. The number of rotatable bonds is 12. The van der Waals surface area contributed by atoms with E-state index in [0.29, 0.717) is 41.1 Å². The van der Waals surface area contributed by atoms with E-state index in [1.165, 1.54) is 11.8 Å². The highest BCUT2D eigenvalue weighted by Gasteiger charge is 2.28. The SMILES string of the molecule is CCCNC(=O)C(CC)N(Cc1cccc(OC)c1)C(=O)CSCc1ccc(Cl)c(Cl)c1. The number of amides is 2. The van der Waals surface area contributed by atoms with Gasteiger partial charge in [0.1, 0.15) is 11.8 Å². The van der Waals surface area contributed by atoms with Crippen LogP contribution in [0, 0.1) is 0 Å². The highest BCUT2D eigenvalue weighted by Crippen LogP contribution is 2.25. The summed E-state index contributed by atoms with van der Waals surface area (Å²) in [5, 5.41) is 3.93. The normalized spacial score (nSPS) is 11.7. The van der Waals surface area contributed by atoms with Crippen molar-refractivity contribution < 1.29 is 14.3 Å². The molecule has 174 valence electrons. The Hall–Kier alpha value is -1.89. The third kappa shape index (κ3) is 7.91. The van der Waals surface area contributed by atoms with Crippen LogP contribution in [0.2, 0.25) is 10.0 Å². The lowest BCUT2D eigenvalue weighted by Crippen LogP contribution is -2.49.